The van der Waals surface area contributed by atoms with Crippen molar-refractivity contribution in [1.82, 2.24) is 0 Å². The van der Waals surface area contributed by atoms with Crippen molar-refractivity contribution in [2.24, 2.45) is 17.6 Å². The second kappa shape index (κ2) is 5.83. The standard InChI is InChI=1S/C15H11F6NO5/c16-6-3(7(17)9(19)10(20)8(6)18)2-27-5-1-4-11(14(4,21)12(23)24)15(5,22)13(25)26/h4-5,11H,1-2,22H2,(H,23,24)(H,25,26)/t4?,5?,11?,14-,15+/m1/s1. The molecular weight excluding hydrogens is 388 g/mol. The number of nitrogens with two attached hydrogens (primary N) is 1. The Bertz CT molecular complexity index is 837. The number of carbonyl (C=O) groups is 2. The monoisotopic (exact) mass is 399 g/mol. The van der Waals surface area contributed by atoms with Crippen molar-refractivity contribution < 1.29 is 50.9 Å². The maximum atomic E-state index is 14.3. The molecule has 1 aromatic carbocycles. The molecule has 2 fully saturated rings. The summed E-state index contributed by atoms with van der Waals surface area (Å²) in [6.07, 6.45) is -2.13. The minimum absolute atomic E-state index is 0.522. The van der Waals surface area contributed by atoms with E-state index < -0.39 is 88.8 Å². The van der Waals surface area contributed by atoms with Crippen LogP contribution in [0, 0.1) is 40.9 Å². The first-order valence-corrected chi connectivity index (χ1v) is 7.46. The van der Waals surface area contributed by atoms with Crippen molar-refractivity contribution in [1.29, 1.82) is 0 Å². The third kappa shape index (κ3) is 2.35. The van der Waals surface area contributed by atoms with Crippen LogP contribution in [0.3, 0.4) is 0 Å². The molecule has 0 heterocycles. The normalized spacial score (nSPS) is 34.4. The molecule has 5 atom stereocenters. The summed E-state index contributed by atoms with van der Waals surface area (Å²) in [4.78, 5) is 22.5. The van der Waals surface area contributed by atoms with Crippen LogP contribution in [0.25, 0.3) is 0 Å². The van der Waals surface area contributed by atoms with Gasteiger partial charge in [0, 0.05) is 11.8 Å². The minimum atomic E-state index is -2.89. The summed E-state index contributed by atoms with van der Waals surface area (Å²) in [6, 6.07) is 0. The molecule has 2 saturated carbocycles. The lowest BCUT2D eigenvalue weighted by atomic mass is 9.88. The molecule has 0 spiro atoms. The highest BCUT2D eigenvalue weighted by atomic mass is 19.2. The van der Waals surface area contributed by atoms with E-state index in [1.807, 2.05) is 0 Å². The Hall–Kier alpha value is -2.34. The third-order valence-corrected chi connectivity index (χ3v) is 5.23. The van der Waals surface area contributed by atoms with Gasteiger partial charge in [-0.2, -0.15) is 0 Å². The van der Waals surface area contributed by atoms with Gasteiger partial charge in [-0.3, -0.25) is 4.79 Å². The van der Waals surface area contributed by atoms with Crippen LogP contribution in [0.5, 0.6) is 0 Å². The van der Waals surface area contributed by atoms with Gasteiger partial charge in [0.25, 0.3) is 0 Å². The molecule has 4 N–H and O–H groups in total. The topological polar surface area (TPSA) is 110 Å². The molecular formula is C15H11F6NO5. The van der Waals surface area contributed by atoms with Crippen molar-refractivity contribution >= 4 is 11.9 Å². The maximum absolute atomic E-state index is 14.3. The number of aliphatic carboxylic acids is 2. The van der Waals surface area contributed by atoms with Gasteiger partial charge >= 0.3 is 11.9 Å². The molecule has 27 heavy (non-hydrogen) atoms. The van der Waals surface area contributed by atoms with Gasteiger partial charge in [-0.15, -0.1) is 0 Å². The number of hydrogen-bond acceptors (Lipinski definition) is 4. The van der Waals surface area contributed by atoms with Gasteiger partial charge in [0.1, 0.15) is 5.54 Å². The van der Waals surface area contributed by atoms with Crippen molar-refractivity contribution in [3.8, 4) is 0 Å². The van der Waals surface area contributed by atoms with E-state index in [4.69, 9.17) is 15.6 Å². The van der Waals surface area contributed by atoms with Gasteiger partial charge in [-0.1, -0.05) is 0 Å². The van der Waals surface area contributed by atoms with Crippen LogP contribution in [-0.4, -0.2) is 39.5 Å². The van der Waals surface area contributed by atoms with Gasteiger partial charge in [0.2, 0.25) is 11.5 Å². The fraction of sp³-hybridized carbons (Fsp3) is 0.467. The molecule has 0 bridgehead atoms. The fourth-order valence-corrected chi connectivity index (χ4v) is 3.77. The molecule has 0 aliphatic heterocycles. The van der Waals surface area contributed by atoms with E-state index in [2.05, 4.69) is 0 Å². The predicted molar refractivity (Wildman–Crippen MR) is 72.4 cm³/mol. The highest BCUT2D eigenvalue weighted by molar-refractivity contribution is 5.90. The fourth-order valence-electron chi connectivity index (χ4n) is 3.77. The number of carboxylic acid groups (broad SMARTS) is 2. The largest absolute Gasteiger partial charge is 0.480 e. The zero-order chi connectivity index (χ0) is 20.5. The highest BCUT2D eigenvalue weighted by Gasteiger charge is 2.85. The van der Waals surface area contributed by atoms with Gasteiger partial charge in [0.05, 0.1) is 18.3 Å². The summed E-state index contributed by atoms with van der Waals surface area (Å²) in [7, 11) is 0. The number of halogens is 6. The molecule has 2 aliphatic carbocycles. The lowest BCUT2D eigenvalue weighted by Crippen LogP contribution is -2.60. The SMILES string of the molecule is N[C@@]1(C(=O)O)C(OCc2c(F)c(F)c(F)c(F)c2F)CC2C1[C@@]2(F)C(=O)O. The number of benzene rings is 1. The predicted octanol–water partition coefficient (Wildman–Crippen LogP) is 1.49. The summed E-state index contributed by atoms with van der Waals surface area (Å²) in [6.45, 7) is -1.24. The first kappa shape index (κ1) is 19.4. The number of hydrogen-bond donors (Lipinski definition) is 3. The van der Waals surface area contributed by atoms with Crippen LogP contribution in [0.2, 0.25) is 0 Å². The molecule has 2 aliphatic rings. The average Bonchev–Trinajstić information content (AvgIpc) is 3.08. The zero-order valence-corrected chi connectivity index (χ0v) is 13.1. The lowest BCUT2D eigenvalue weighted by molar-refractivity contribution is -0.156. The van der Waals surface area contributed by atoms with Crippen LogP contribution in [0.15, 0.2) is 0 Å². The Labute approximate surface area is 146 Å². The van der Waals surface area contributed by atoms with Crippen LogP contribution >= 0.6 is 0 Å². The summed E-state index contributed by atoms with van der Waals surface area (Å²) < 4.78 is 86.0. The van der Waals surface area contributed by atoms with Gasteiger partial charge < -0.3 is 20.7 Å². The molecule has 0 amide bonds. The molecule has 1 aromatic rings. The quantitative estimate of drug-likeness (QED) is 0.393. The Morgan fingerprint density at radius 3 is 1.93 bits per heavy atom. The molecule has 0 aromatic heterocycles. The molecule has 148 valence electrons. The highest BCUT2D eigenvalue weighted by Crippen LogP contribution is 2.67. The first-order valence-electron chi connectivity index (χ1n) is 7.46. The smallest absolute Gasteiger partial charge is 0.342 e. The van der Waals surface area contributed by atoms with Crippen LogP contribution in [0.1, 0.15) is 12.0 Å². The van der Waals surface area contributed by atoms with Gasteiger partial charge in [-0.25, -0.2) is 31.1 Å². The molecule has 3 rings (SSSR count). The van der Waals surface area contributed by atoms with Crippen molar-refractivity contribution in [2.75, 3.05) is 0 Å². The van der Waals surface area contributed by atoms with Crippen molar-refractivity contribution in [3.63, 3.8) is 0 Å². The average molecular weight is 399 g/mol. The van der Waals surface area contributed by atoms with Crippen LogP contribution in [-0.2, 0) is 20.9 Å². The van der Waals surface area contributed by atoms with Crippen molar-refractivity contribution in [2.45, 2.75) is 30.3 Å². The minimum Gasteiger partial charge on any atom is -0.480 e. The summed E-state index contributed by atoms with van der Waals surface area (Å²) in [5.74, 6) is -17.9. The number of rotatable bonds is 5. The Balaban J connectivity index is 1.87. The van der Waals surface area contributed by atoms with E-state index in [0.717, 1.165) is 0 Å². The van der Waals surface area contributed by atoms with E-state index in [0.29, 0.717) is 0 Å². The first-order chi connectivity index (χ1) is 12.4. The molecule has 0 radical (unpaired) electrons. The maximum Gasteiger partial charge on any atom is 0.342 e. The second-order valence-electron chi connectivity index (χ2n) is 6.48. The Morgan fingerprint density at radius 1 is 1.00 bits per heavy atom. The number of fused-ring (bicyclic) bond motifs is 1. The van der Waals surface area contributed by atoms with Gasteiger partial charge in [0.15, 0.2) is 23.3 Å². The van der Waals surface area contributed by atoms with E-state index in [9.17, 15) is 41.0 Å². The van der Waals surface area contributed by atoms with E-state index in [1.165, 1.54) is 0 Å². The Morgan fingerprint density at radius 2 is 1.48 bits per heavy atom. The number of carboxylic acids is 2. The van der Waals surface area contributed by atoms with Gasteiger partial charge in [-0.05, 0) is 6.42 Å². The zero-order valence-electron chi connectivity index (χ0n) is 13.1. The number of ether oxygens (including phenoxy) is 1. The molecule has 6 nitrogen and oxygen atoms in total. The molecule has 0 saturated heterocycles. The summed E-state index contributed by atoms with van der Waals surface area (Å²) >= 11 is 0. The van der Waals surface area contributed by atoms with Crippen molar-refractivity contribution in [3.05, 3.63) is 34.6 Å². The molecule has 3 unspecified atom stereocenters. The van der Waals surface area contributed by atoms with Crippen LogP contribution < -0.4 is 5.73 Å². The third-order valence-electron chi connectivity index (χ3n) is 5.23. The van der Waals surface area contributed by atoms with E-state index in [1.54, 1.807) is 0 Å². The second-order valence-corrected chi connectivity index (χ2v) is 6.48. The molecule has 12 heteroatoms. The van der Waals surface area contributed by atoms with Crippen LogP contribution in [0.4, 0.5) is 26.3 Å². The lowest BCUT2D eigenvalue weighted by Gasteiger charge is -2.31. The number of alkyl halides is 1. The summed E-state index contributed by atoms with van der Waals surface area (Å²) in [5.41, 5.74) is -1.16. The Kier molecular flexibility index (Phi) is 4.19. The summed E-state index contributed by atoms with van der Waals surface area (Å²) in [5, 5.41) is 18.2. The van der Waals surface area contributed by atoms with E-state index in [-0.39, 0.29) is 0 Å². The van der Waals surface area contributed by atoms with E-state index >= 15 is 0 Å².